The predicted molar refractivity (Wildman–Crippen MR) is 86.8 cm³/mol. The number of hydrogen-bond donors (Lipinski definition) is 1. The Kier molecular flexibility index (Phi) is 4.89. The van der Waals surface area contributed by atoms with E-state index in [2.05, 4.69) is 20.4 Å². The van der Waals surface area contributed by atoms with Gasteiger partial charge in [-0.15, -0.1) is 5.10 Å². The summed E-state index contributed by atoms with van der Waals surface area (Å²) in [6, 6.07) is 6.65. The van der Waals surface area contributed by atoms with E-state index in [1.54, 1.807) is 24.5 Å². The zero-order valence-corrected chi connectivity index (χ0v) is 14.0. The Bertz CT molecular complexity index is 969. The summed E-state index contributed by atoms with van der Waals surface area (Å²) in [6.45, 7) is 0.190. The van der Waals surface area contributed by atoms with Gasteiger partial charge in [-0.25, -0.2) is 14.1 Å². The molecule has 27 heavy (non-hydrogen) atoms. The smallest absolute Gasteiger partial charge is 0.348 e. The Morgan fingerprint density at radius 2 is 1.89 bits per heavy atom. The van der Waals surface area contributed by atoms with Crippen molar-refractivity contribution in [1.29, 1.82) is 0 Å². The number of carbonyl (C=O) groups excluding carboxylic acids is 1. The summed E-state index contributed by atoms with van der Waals surface area (Å²) in [7, 11) is 1.26. The average molecular weight is 379 g/mol. The fourth-order valence-corrected chi connectivity index (χ4v) is 2.39. The Morgan fingerprint density at radius 3 is 2.52 bits per heavy atom. The van der Waals surface area contributed by atoms with Gasteiger partial charge >= 0.3 is 6.18 Å². The van der Waals surface area contributed by atoms with Crippen molar-refractivity contribution >= 4 is 5.91 Å². The predicted octanol–water partition coefficient (Wildman–Crippen LogP) is 2.97. The van der Waals surface area contributed by atoms with Crippen LogP contribution in [0.4, 0.5) is 17.6 Å². The molecule has 0 saturated heterocycles. The fraction of sp³-hybridized carbons (Fsp3) is 0.176. The number of aromatic nitrogens is 4. The van der Waals surface area contributed by atoms with Crippen molar-refractivity contribution in [3.63, 3.8) is 0 Å². The quantitative estimate of drug-likeness (QED) is 0.708. The Balaban J connectivity index is 1.86. The van der Waals surface area contributed by atoms with Crippen LogP contribution in [-0.2, 0) is 19.8 Å². The van der Waals surface area contributed by atoms with Crippen molar-refractivity contribution in [2.24, 2.45) is 7.05 Å². The molecule has 1 amide bonds. The Morgan fingerprint density at radius 1 is 1.19 bits per heavy atom. The first kappa shape index (κ1) is 18.5. The molecule has 6 nitrogen and oxygen atoms in total. The van der Waals surface area contributed by atoms with E-state index in [0.717, 1.165) is 22.4 Å². The maximum atomic E-state index is 13.9. The first-order chi connectivity index (χ1) is 12.7. The molecule has 140 valence electrons. The molecule has 0 atom stereocenters. The molecule has 2 heterocycles. The maximum Gasteiger partial charge on any atom is 0.453 e. The first-order valence-electron chi connectivity index (χ1n) is 7.70. The maximum absolute atomic E-state index is 13.9. The number of hydrogen-bond acceptors (Lipinski definition) is 4. The van der Waals surface area contributed by atoms with Gasteiger partial charge in [-0.2, -0.15) is 13.2 Å². The van der Waals surface area contributed by atoms with Gasteiger partial charge in [0.15, 0.2) is 5.82 Å². The van der Waals surface area contributed by atoms with E-state index in [9.17, 15) is 22.4 Å². The van der Waals surface area contributed by atoms with Gasteiger partial charge in [-0.05, 0) is 35.9 Å². The SMILES string of the molecule is Cn1nc(C(F)(F)F)nc1-c1cc(F)cc(C(=O)NCc2ccncc2)c1. The summed E-state index contributed by atoms with van der Waals surface area (Å²) in [5.41, 5.74) is 0.753. The number of rotatable bonds is 4. The van der Waals surface area contributed by atoms with Gasteiger partial charge < -0.3 is 5.32 Å². The van der Waals surface area contributed by atoms with E-state index < -0.39 is 23.7 Å². The summed E-state index contributed by atoms with van der Waals surface area (Å²) >= 11 is 0. The highest BCUT2D eigenvalue weighted by atomic mass is 19.4. The molecule has 0 radical (unpaired) electrons. The normalized spacial score (nSPS) is 11.4. The van der Waals surface area contributed by atoms with E-state index in [4.69, 9.17) is 0 Å². The number of nitrogens with one attached hydrogen (secondary N) is 1. The molecule has 0 aliphatic heterocycles. The summed E-state index contributed by atoms with van der Waals surface area (Å²) < 4.78 is 53.1. The van der Waals surface area contributed by atoms with Gasteiger partial charge in [0.05, 0.1) is 0 Å². The highest BCUT2D eigenvalue weighted by Crippen LogP contribution is 2.29. The molecule has 0 unspecified atom stereocenters. The van der Waals surface area contributed by atoms with E-state index in [-0.39, 0.29) is 23.5 Å². The monoisotopic (exact) mass is 379 g/mol. The number of alkyl halides is 3. The van der Waals surface area contributed by atoms with E-state index in [1.807, 2.05) is 0 Å². The second kappa shape index (κ2) is 7.14. The van der Waals surface area contributed by atoms with Gasteiger partial charge in [0.25, 0.3) is 11.7 Å². The molecule has 0 aliphatic carbocycles. The minimum atomic E-state index is -4.73. The standard InChI is InChI=1S/C17H13F4N5O/c1-26-14(24-16(25-26)17(19,20)21)11-6-12(8-13(18)7-11)15(27)23-9-10-2-4-22-5-3-10/h2-8H,9H2,1H3,(H,23,27). The molecule has 0 aliphatic rings. The van der Waals surface area contributed by atoms with Gasteiger partial charge in [0.2, 0.25) is 0 Å². The Labute approximate surface area is 150 Å². The highest BCUT2D eigenvalue weighted by Gasteiger charge is 2.37. The zero-order chi connectivity index (χ0) is 19.6. The van der Waals surface area contributed by atoms with Gasteiger partial charge in [0.1, 0.15) is 5.82 Å². The first-order valence-corrected chi connectivity index (χ1v) is 7.70. The molecule has 3 aromatic rings. The van der Waals surface area contributed by atoms with E-state index in [0.29, 0.717) is 0 Å². The third kappa shape index (κ3) is 4.27. The van der Waals surface area contributed by atoms with Gasteiger partial charge in [-0.1, -0.05) is 0 Å². The molecule has 3 rings (SSSR count). The van der Waals surface area contributed by atoms with Crippen molar-refractivity contribution in [2.75, 3.05) is 0 Å². The van der Waals surface area contributed by atoms with Crippen LogP contribution < -0.4 is 5.32 Å². The van der Waals surface area contributed by atoms with Crippen molar-refractivity contribution in [2.45, 2.75) is 12.7 Å². The van der Waals surface area contributed by atoms with E-state index in [1.165, 1.54) is 13.1 Å². The van der Waals surface area contributed by atoms with Crippen LogP contribution in [0.25, 0.3) is 11.4 Å². The third-order valence-electron chi connectivity index (χ3n) is 3.64. The summed E-state index contributed by atoms with van der Waals surface area (Å²) in [5, 5.41) is 5.90. The molecule has 10 heteroatoms. The number of aryl methyl sites for hydroxylation is 1. The molecular weight excluding hydrogens is 366 g/mol. The van der Waals surface area contributed by atoms with Crippen molar-refractivity contribution < 1.29 is 22.4 Å². The fourth-order valence-electron chi connectivity index (χ4n) is 2.39. The number of amides is 1. The lowest BCUT2D eigenvalue weighted by Crippen LogP contribution is -2.23. The molecule has 0 bridgehead atoms. The number of nitrogens with zero attached hydrogens (tertiary/aromatic N) is 4. The third-order valence-corrected chi connectivity index (χ3v) is 3.64. The molecule has 0 fully saturated rings. The second-order valence-corrected chi connectivity index (χ2v) is 5.65. The summed E-state index contributed by atoms with van der Waals surface area (Å²) in [6.07, 6.45) is -1.60. The topological polar surface area (TPSA) is 72.7 Å². The molecular formula is C17H13F4N5O. The van der Waals surface area contributed by atoms with Gasteiger partial charge in [-0.3, -0.25) is 9.78 Å². The average Bonchev–Trinajstić information content (AvgIpc) is 3.02. The highest BCUT2D eigenvalue weighted by molar-refractivity contribution is 5.95. The minimum absolute atomic E-state index is 0.00885. The number of halogens is 4. The number of benzene rings is 1. The molecule has 1 N–H and O–H groups in total. The van der Waals surface area contributed by atoms with Crippen LogP contribution in [0, 0.1) is 5.82 Å². The van der Waals surface area contributed by atoms with Crippen LogP contribution in [0.1, 0.15) is 21.7 Å². The van der Waals surface area contributed by atoms with Crippen LogP contribution in [0.15, 0.2) is 42.7 Å². The van der Waals surface area contributed by atoms with Crippen LogP contribution in [-0.4, -0.2) is 25.7 Å². The van der Waals surface area contributed by atoms with Crippen LogP contribution in [0.3, 0.4) is 0 Å². The van der Waals surface area contributed by atoms with Crippen LogP contribution >= 0.6 is 0 Å². The van der Waals surface area contributed by atoms with Crippen molar-refractivity contribution in [3.05, 3.63) is 65.5 Å². The zero-order valence-electron chi connectivity index (χ0n) is 14.0. The lowest BCUT2D eigenvalue weighted by atomic mass is 10.1. The largest absolute Gasteiger partial charge is 0.453 e. The molecule has 1 aromatic carbocycles. The van der Waals surface area contributed by atoms with E-state index >= 15 is 0 Å². The van der Waals surface area contributed by atoms with Crippen molar-refractivity contribution in [1.82, 2.24) is 25.1 Å². The molecule has 0 saturated carbocycles. The molecule has 0 spiro atoms. The van der Waals surface area contributed by atoms with Gasteiger partial charge in [0, 0.05) is 37.1 Å². The van der Waals surface area contributed by atoms with Crippen LogP contribution in [0.2, 0.25) is 0 Å². The summed E-state index contributed by atoms with van der Waals surface area (Å²) in [4.78, 5) is 19.6. The minimum Gasteiger partial charge on any atom is -0.348 e. The van der Waals surface area contributed by atoms with Crippen molar-refractivity contribution in [3.8, 4) is 11.4 Å². The Hall–Kier alpha value is -3.30. The number of pyridine rings is 1. The summed E-state index contributed by atoms with van der Waals surface area (Å²) in [5.74, 6) is -2.90. The number of carbonyl (C=O) groups is 1. The molecule has 2 aromatic heterocycles. The van der Waals surface area contributed by atoms with Crippen LogP contribution in [0.5, 0.6) is 0 Å². The lowest BCUT2D eigenvalue weighted by Gasteiger charge is -2.07. The lowest BCUT2D eigenvalue weighted by molar-refractivity contribution is -0.144. The second-order valence-electron chi connectivity index (χ2n) is 5.65.